The fourth-order valence-corrected chi connectivity index (χ4v) is 2.89. The van der Waals surface area contributed by atoms with Gasteiger partial charge >= 0.3 is 5.97 Å². The summed E-state index contributed by atoms with van der Waals surface area (Å²) in [5.74, 6) is -0.338. The zero-order valence-corrected chi connectivity index (χ0v) is 12.8. The van der Waals surface area contributed by atoms with E-state index in [1.165, 1.54) is 0 Å². The molecular weight excluding hydrogens is 276 g/mol. The van der Waals surface area contributed by atoms with Gasteiger partial charge in [-0.15, -0.1) is 0 Å². The number of hydrogen-bond donors (Lipinski definition) is 1. The Labute approximate surface area is 122 Å². The van der Waals surface area contributed by atoms with Gasteiger partial charge in [-0.2, -0.15) is 0 Å². The van der Waals surface area contributed by atoms with Crippen LogP contribution >= 0.6 is 0 Å². The van der Waals surface area contributed by atoms with E-state index in [1.54, 1.807) is 0 Å². The normalized spacial score (nSPS) is 14.2. The molecule has 0 aliphatic rings. The van der Waals surface area contributed by atoms with E-state index in [-0.39, 0.29) is 12.2 Å². The minimum atomic E-state index is -1.43. The van der Waals surface area contributed by atoms with E-state index in [0.29, 0.717) is 19.1 Å². The number of benzene rings is 1. The van der Waals surface area contributed by atoms with E-state index < -0.39 is 22.0 Å². The summed E-state index contributed by atoms with van der Waals surface area (Å²) in [5, 5.41) is 8.34. The molecule has 112 valence electrons. The number of carbonyl (C=O) groups is 1. The van der Waals surface area contributed by atoms with E-state index in [1.807, 2.05) is 44.2 Å². The van der Waals surface area contributed by atoms with E-state index in [9.17, 15) is 14.1 Å². The lowest BCUT2D eigenvalue weighted by molar-refractivity contribution is -0.136. The summed E-state index contributed by atoms with van der Waals surface area (Å²) < 4.78 is 17.4. The molecule has 1 N–H and O–H groups in total. The van der Waals surface area contributed by atoms with E-state index in [4.69, 9.17) is 4.74 Å². The SMILES string of the molecule is CC(C)COCCS(=O)C(Cc1ccccc1)C(=O)O. The number of ether oxygens (including phenoxy) is 1. The van der Waals surface area contributed by atoms with Crippen molar-refractivity contribution in [1.82, 2.24) is 0 Å². The zero-order valence-electron chi connectivity index (χ0n) is 12.0. The van der Waals surface area contributed by atoms with Crippen LogP contribution in [0.4, 0.5) is 0 Å². The predicted molar refractivity (Wildman–Crippen MR) is 80.2 cm³/mol. The molecule has 0 saturated carbocycles. The second kappa shape index (κ2) is 8.87. The molecule has 4 nitrogen and oxygen atoms in total. The Bertz CT molecular complexity index is 431. The van der Waals surface area contributed by atoms with Crippen LogP contribution in [0.2, 0.25) is 0 Å². The molecule has 0 amide bonds. The van der Waals surface area contributed by atoms with Crippen LogP contribution in [0.1, 0.15) is 19.4 Å². The highest BCUT2D eigenvalue weighted by Gasteiger charge is 2.24. The summed E-state index contributed by atoms with van der Waals surface area (Å²) in [4.78, 5) is 11.3. The molecule has 0 aromatic heterocycles. The molecule has 1 aromatic carbocycles. The van der Waals surface area contributed by atoms with Crippen molar-refractivity contribution in [1.29, 1.82) is 0 Å². The molecule has 2 unspecified atom stereocenters. The van der Waals surface area contributed by atoms with Crippen molar-refractivity contribution in [2.75, 3.05) is 19.0 Å². The zero-order chi connectivity index (χ0) is 15.0. The van der Waals surface area contributed by atoms with Crippen LogP contribution in [-0.4, -0.2) is 39.5 Å². The summed E-state index contributed by atoms with van der Waals surface area (Å²) in [6.45, 7) is 5.01. The third-order valence-electron chi connectivity index (χ3n) is 2.74. The summed E-state index contributed by atoms with van der Waals surface area (Å²) in [6, 6.07) is 9.27. The van der Waals surface area contributed by atoms with Gasteiger partial charge in [0.25, 0.3) is 0 Å². The first kappa shape index (κ1) is 16.9. The van der Waals surface area contributed by atoms with Crippen LogP contribution in [-0.2, 0) is 26.8 Å². The van der Waals surface area contributed by atoms with Gasteiger partial charge in [-0.05, 0) is 17.9 Å². The quantitative estimate of drug-likeness (QED) is 0.709. The van der Waals surface area contributed by atoms with Crippen LogP contribution < -0.4 is 0 Å². The smallest absolute Gasteiger partial charge is 0.319 e. The van der Waals surface area contributed by atoms with Gasteiger partial charge < -0.3 is 9.84 Å². The summed E-state index contributed by atoms with van der Waals surface area (Å²) >= 11 is 0. The van der Waals surface area contributed by atoms with Crippen molar-refractivity contribution >= 4 is 16.8 Å². The maximum absolute atomic E-state index is 12.1. The topological polar surface area (TPSA) is 63.6 Å². The first-order valence-electron chi connectivity index (χ1n) is 6.72. The Balaban J connectivity index is 2.49. The van der Waals surface area contributed by atoms with Crippen LogP contribution in [0, 0.1) is 5.92 Å². The van der Waals surface area contributed by atoms with E-state index in [0.717, 1.165) is 5.56 Å². The first-order chi connectivity index (χ1) is 9.50. The highest BCUT2D eigenvalue weighted by Crippen LogP contribution is 2.09. The fraction of sp³-hybridized carbons (Fsp3) is 0.533. The number of carboxylic acids is 1. The fourth-order valence-electron chi connectivity index (χ4n) is 1.72. The highest BCUT2D eigenvalue weighted by atomic mass is 32.2. The Morgan fingerprint density at radius 1 is 1.30 bits per heavy atom. The van der Waals surface area contributed by atoms with Gasteiger partial charge in [-0.3, -0.25) is 9.00 Å². The van der Waals surface area contributed by atoms with Crippen molar-refractivity contribution in [3.05, 3.63) is 35.9 Å². The largest absolute Gasteiger partial charge is 0.480 e. The lowest BCUT2D eigenvalue weighted by atomic mass is 10.1. The number of hydrogen-bond acceptors (Lipinski definition) is 3. The minimum Gasteiger partial charge on any atom is -0.480 e. The third kappa shape index (κ3) is 6.30. The van der Waals surface area contributed by atoms with E-state index in [2.05, 4.69) is 0 Å². The van der Waals surface area contributed by atoms with Crippen molar-refractivity contribution in [3.8, 4) is 0 Å². The van der Waals surface area contributed by atoms with Gasteiger partial charge in [0.2, 0.25) is 0 Å². The molecular formula is C15H22O4S. The molecule has 0 aliphatic heterocycles. The lowest BCUT2D eigenvalue weighted by Crippen LogP contribution is -2.30. The standard InChI is InChI=1S/C15H22O4S/c1-12(2)11-19-8-9-20(18)14(15(16)17)10-13-6-4-3-5-7-13/h3-7,12,14H,8-11H2,1-2H3,(H,16,17). The average Bonchev–Trinajstić information content (AvgIpc) is 2.41. The maximum atomic E-state index is 12.1. The number of rotatable bonds is 9. The molecule has 0 aliphatic carbocycles. The molecule has 2 atom stereocenters. The Hall–Kier alpha value is -1.20. The highest BCUT2D eigenvalue weighted by molar-refractivity contribution is 7.86. The van der Waals surface area contributed by atoms with Crippen molar-refractivity contribution in [2.45, 2.75) is 25.5 Å². The monoisotopic (exact) mass is 298 g/mol. The molecule has 0 bridgehead atoms. The van der Waals surface area contributed by atoms with Crippen molar-refractivity contribution < 1.29 is 18.8 Å². The van der Waals surface area contributed by atoms with E-state index >= 15 is 0 Å². The molecule has 1 aromatic rings. The average molecular weight is 298 g/mol. The molecule has 0 heterocycles. The van der Waals surface area contributed by atoms with Gasteiger partial charge in [0, 0.05) is 23.2 Å². The van der Waals surface area contributed by atoms with Gasteiger partial charge in [-0.25, -0.2) is 0 Å². The second-order valence-electron chi connectivity index (χ2n) is 5.07. The Morgan fingerprint density at radius 3 is 2.50 bits per heavy atom. The van der Waals surface area contributed by atoms with Crippen LogP contribution in [0.15, 0.2) is 30.3 Å². The maximum Gasteiger partial charge on any atom is 0.319 e. The first-order valence-corrected chi connectivity index (χ1v) is 8.10. The number of aliphatic carboxylic acids is 1. The van der Waals surface area contributed by atoms with Crippen molar-refractivity contribution in [2.24, 2.45) is 5.92 Å². The molecule has 0 radical (unpaired) electrons. The van der Waals surface area contributed by atoms with Gasteiger partial charge in [0.15, 0.2) is 0 Å². The van der Waals surface area contributed by atoms with Gasteiger partial charge in [-0.1, -0.05) is 44.2 Å². The number of carboxylic acid groups (broad SMARTS) is 1. The molecule has 0 spiro atoms. The van der Waals surface area contributed by atoms with Gasteiger partial charge in [0.05, 0.1) is 6.61 Å². The van der Waals surface area contributed by atoms with Crippen LogP contribution in [0.5, 0.6) is 0 Å². The second-order valence-corrected chi connectivity index (χ2v) is 6.81. The van der Waals surface area contributed by atoms with Gasteiger partial charge in [0.1, 0.15) is 5.25 Å². The summed E-state index contributed by atoms with van der Waals surface area (Å²) in [5.41, 5.74) is 0.886. The lowest BCUT2D eigenvalue weighted by Gasteiger charge is -2.13. The molecule has 20 heavy (non-hydrogen) atoms. The summed E-state index contributed by atoms with van der Waals surface area (Å²) in [6.07, 6.45) is 0.285. The molecule has 0 saturated heterocycles. The van der Waals surface area contributed by atoms with Crippen LogP contribution in [0.3, 0.4) is 0 Å². The Kier molecular flexibility index (Phi) is 7.47. The predicted octanol–water partition coefficient (Wildman–Crippen LogP) is 2.10. The van der Waals surface area contributed by atoms with Crippen molar-refractivity contribution in [3.63, 3.8) is 0 Å². The third-order valence-corrected chi connectivity index (χ3v) is 4.31. The molecule has 1 rings (SSSR count). The molecule has 5 heteroatoms. The minimum absolute atomic E-state index is 0.260. The molecule has 0 fully saturated rings. The summed E-state index contributed by atoms with van der Waals surface area (Å²) in [7, 11) is -1.43. The Morgan fingerprint density at radius 2 is 1.95 bits per heavy atom. The van der Waals surface area contributed by atoms with Crippen LogP contribution in [0.25, 0.3) is 0 Å².